The number of carboxylic acids is 1. The molecule has 18 heavy (non-hydrogen) atoms. The van der Waals surface area contributed by atoms with Crippen LogP contribution in [0.15, 0.2) is 24.3 Å². The Balaban J connectivity index is 2.71. The highest BCUT2D eigenvalue weighted by atomic mass is 19.1. The van der Waals surface area contributed by atoms with Crippen LogP contribution in [-0.2, 0) is 16.0 Å². The summed E-state index contributed by atoms with van der Waals surface area (Å²) in [6, 6.07) is 6.10. The number of carboxylic acid groups (broad SMARTS) is 1. The Morgan fingerprint density at radius 2 is 2.22 bits per heavy atom. The zero-order chi connectivity index (χ0) is 13.5. The van der Waals surface area contributed by atoms with Crippen molar-refractivity contribution in [2.75, 3.05) is 13.7 Å². The van der Waals surface area contributed by atoms with Gasteiger partial charge >= 0.3 is 5.97 Å². The van der Waals surface area contributed by atoms with Crippen LogP contribution in [0.4, 0.5) is 4.39 Å². The molecule has 0 bridgehead atoms. The Kier molecular flexibility index (Phi) is 5.78. The fraction of sp³-hybridized carbons (Fsp3) is 0.500. The molecule has 2 atom stereocenters. The first-order chi connectivity index (χ1) is 8.54. The van der Waals surface area contributed by atoms with Crippen molar-refractivity contribution in [3.63, 3.8) is 0 Å². The third kappa shape index (κ3) is 4.45. The van der Waals surface area contributed by atoms with Crippen LogP contribution in [-0.4, -0.2) is 24.8 Å². The van der Waals surface area contributed by atoms with Gasteiger partial charge in [-0.15, -0.1) is 0 Å². The molecule has 0 aliphatic heterocycles. The summed E-state index contributed by atoms with van der Waals surface area (Å²) in [7, 11) is 1.59. The van der Waals surface area contributed by atoms with Gasteiger partial charge in [-0.25, -0.2) is 4.39 Å². The van der Waals surface area contributed by atoms with Gasteiger partial charge in [0.1, 0.15) is 5.82 Å². The van der Waals surface area contributed by atoms with Gasteiger partial charge in [-0.2, -0.15) is 0 Å². The number of methoxy groups -OCH3 is 1. The minimum absolute atomic E-state index is 0.00860. The normalized spacial score (nSPS) is 14.2. The molecule has 100 valence electrons. The second kappa shape index (κ2) is 7.11. The van der Waals surface area contributed by atoms with E-state index in [2.05, 4.69) is 0 Å². The van der Waals surface area contributed by atoms with Gasteiger partial charge in [0, 0.05) is 13.7 Å². The average Bonchev–Trinajstić information content (AvgIpc) is 2.32. The number of hydrogen-bond acceptors (Lipinski definition) is 2. The molecule has 0 aliphatic carbocycles. The molecule has 0 saturated heterocycles. The maximum atomic E-state index is 13.1. The summed E-state index contributed by atoms with van der Waals surface area (Å²) in [5.41, 5.74) is 0.715. The van der Waals surface area contributed by atoms with Crippen LogP contribution in [0.3, 0.4) is 0 Å². The average molecular weight is 254 g/mol. The van der Waals surface area contributed by atoms with Crippen molar-refractivity contribution < 1.29 is 19.0 Å². The lowest BCUT2D eigenvalue weighted by molar-refractivity contribution is -0.143. The molecule has 0 heterocycles. The summed E-state index contributed by atoms with van der Waals surface area (Å²) < 4.78 is 18.0. The van der Waals surface area contributed by atoms with E-state index >= 15 is 0 Å². The van der Waals surface area contributed by atoms with Gasteiger partial charge in [0.15, 0.2) is 0 Å². The number of benzene rings is 1. The first kappa shape index (κ1) is 14.6. The van der Waals surface area contributed by atoms with Crippen LogP contribution >= 0.6 is 0 Å². The highest BCUT2D eigenvalue weighted by Gasteiger charge is 2.24. The van der Waals surface area contributed by atoms with E-state index in [0.717, 1.165) is 0 Å². The standard InChI is InChI=1S/C14H19FO3/c1-10(6-7-18-2)13(14(16)17)9-11-4-3-5-12(15)8-11/h3-5,8,10,13H,6-7,9H2,1-2H3,(H,16,17). The van der Waals surface area contributed by atoms with Crippen molar-refractivity contribution in [2.24, 2.45) is 11.8 Å². The van der Waals surface area contributed by atoms with E-state index < -0.39 is 11.9 Å². The lowest BCUT2D eigenvalue weighted by Gasteiger charge is -2.20. The van der Waals surface area contributed by atoms with E-state index in [4.69, 9.17) is 4.74 Å². The molecular weight excluding hydrogens is 235 g/mol. The summed E-state index contributed by atoms with van der Waals surface area (Å²) in [4.78, 5) is 11.3. The molecule has 1 aromatic carbocycles. The maximum Gasteiger partial charge on any atom is 0.307 e. The summed E-state index contributed by atoms with van der Waals surface area (Å²) in [6.45, 7) is 2.42. The quantitative estimate of drug-likeness (QED) is 0.813. The fourth-order valence-electron chi connectivity index (χ4n) is 1.95. The molecule has 0 radical (unpaired) electrons. The van der Waals surface area contributed by atoms with Crippen LogP contribution in [0.5, 0.6) is 0 Å². The fourth-order valence-corrected chi connectivity index (χ4v) is 1.95. The largest absolute Gasteiger partial charge is 0.481 e. The van der Waals surface area contributed by atoms with Crippen LogP contribution in [0, 0.1) is 17.7 Å². The van der Waals surface area contributed by atoms with Gasteiger partial charge in [-0.05, 0) is 36.5 Å². The Morgan fingerprint density at radius 3 is 2.78 bits per heavy atom. The Bertz CT molecular complexity index is 392. The van der Waals surface area contributed by atoms with Crippen LogP contribution < -0.4 is 0 Å². The van der Waals surface area contributed by atoms with Gasteiger partial charge in [0.05, 0.1) is 5.92 Å². The molecular formula is C14H19FO3. The number of halogens is 1. The van der Waals surface area contributed by atoms with Crippen molar-refractivity contribution >= 4 is 5.97 Å². The predicted octanol–water partition coefficient (Wildman–Crippen LogP) is 2.74. The molecule has 1 rings (SSSR count). The minimum Gasteiger partial charge on any atom is -0.481 e. The third-order valence-electron chi connectivity index (χ3n) is 3.13. The van der Waals surface area contributed by atoms with Crippen LogP contribution in [0.25, 0.3) is 0 Å². The van der Waals surface area contributed by atoms with Gasteiger partial charge in [-0.1, -0.05) is 19.1 Å². The molecule has 2 unspecified atom stereocenters. The third-order valence-corrected chi connectivity index (χ3v) is 3.13. The molecule has 0 spiro atoms. The maximum absolute atomic E-state index is 13.1. The summed E-state index contributed by atoms with van der Waals surface area (Å²) in [5, 5.41) is 9.24. The van der Waals surface area contributed by atoms with Crippen molar-refractivity contribution in [1.29, 1.82) is 0 Å². The van der Waals surface area contributed by atoms with Crippen LogP contribution in [0.2, 0.25) is 0 Å². The topological polar surface area (TPSA) is 46.5 Å². The number of ether oxygens (including phenoxy) is 1. The van der Waals surface area contributed by atoms with E-state index in [-0.39, 0.29) is 11.7 Å². The van der Waals surface area contributed by atoms with Gasteiger partial charge < -0.3 is 9.84 Å². The summed E-state index contributed by atoms with van der Waals surface area (Å²) in [5.74, 6) is -1.70. The van der Waals surface area contributed by atoms with E-state index in [1.165, 1.54) is 12.1 Å². The van der Waals surface area contributed by atoms with Crippen molar-refractivity contribution in [1.82, 2.24) is 0 Å². The Labute approximate surface area is 107 Å². The molecule has 4 heteroatoms. The first-order valence-electron chi connectivity index (χ1n) is 6.00. The highest BCUT2D eigenvalue weighted by Crippen LogP contribution is 2.21. The summed E-state index contributed by atoms with van der Waals surface area (Å²) >= 11 is 0. The lowest BCUT2D eigenvalue weighted by Crippen LogP contribution is -2.25. The van der Waals surface area contributed by atoms with Crippen molar-refractivity contribution in [3.8, 4) is 0 Å². The molecule has 3 nitrogen and oxygen atoms in total. The van der Waals surface area contributed by atoms with E-state index in [9.17, 15) is 14.3 Å². The summed E-state index contributed by atoms with van der Waals surface area (Å²) in [6.07, 6.45) is 1.03. The highest BCUT2D eigenvalue weighted by molar-refractivity contribution is 5.70. The molecule has 1 aromatic rings. The SMILES string of the molecule is COCCC(C)C(Cc1cccc(F)c1)C(=O)O. The molecule has 0 aromatic heterocycles. The zero-order valence-electron chi connectivity index (χ0n) is 10.7. The smallest absolute Gasteiger partial charge is 0.307 e. The van der Waals surface area contributed by atoms with Crippen molar-refractivity contribution in [3.05, 3.63) is 35.6 Å². The second-order valence-electron chi connectivity index (χ2n) is 4.54. The minimum atomic E-state index is -0.845. The first-order valence-corrected chi connectivity index (χ1v) is 6.00. The van der Waals surface area contributed by atoms with Crippen LogP contribution in [0.1, 0.15) is 18.9 Å². The van der Waals surface area contributed by atoms with E-state index in [1.807, 2.05) is 6.92 Å². The second-order valence-corrected chi connectivity index (χ2v) is 4.54. The Morgan fingerprint density at radius 1 is 1.50 bits per heavy atom. The lowest BCUT2D eigenvalue weighted by atomic mass is 9.86. The number of rotatable bonds is 7. The molecule has 0 fully saturated rings. The zero-order valence-corrected chi connectivity index (χ0v) is 10.7. The number of carbonyl (C=O) groups is 1. The molecule has 0 amide bonds. The Hall–Kier alpha value is -1.42. The van der Waals surface area contributed by atoms with E-state index in [0.29, 0.717) is 25.0 Å². The monoisotopic (exact) mass is 254 g/mol. The van der Waals surface area contributed by atoms with Gasteiger partial charge in [0.25, 0.3) is 0 Å². The van der Waals surface area contributed by atoms with Gasteiger partial charge in [0.2, 0.25) is 0 Å². The number of aliphatic carboxylic acids is 1. The van der Waals surface area contributed by atoms with E-state index in [1.54, 1.807) is 19.2 Å². The number of hydrogen-bond donors (Lipinski definition) is 1. The van der Waals surface area contributed by atoms with Crippen molar-refractivity contribution in [2.45, 2.75) is 19.8 Å². The van der Waals surface area contributed by atoms with Gasteiger partial charge in [-0.3, -0.25) is 4.79 Å². The predicted molar refractivity (Wildman–Crippen MR) is 66.9 cm³/mol. The molecule has 1 N–H and O–H groups in total. The molecule has 0 saturated carbocycles. The molecule has 0 aliphatic rings.